The number of anilines is 1. The van der Waals surface area contributed by atoms with Crippen LogP contribution >= 0.6 is 33.9 Å². The molecular formula is C17H14Cl3NO4S. The number of hydrogen-bond acceptors (Lipinski definition) is 4. The summed E-state index contributed by atoms with van der Waals surface area (Å²) < 4.78 is 28.6. The molecule has 0 spiro atoms. The second-order valence-corrected chi connectivity index (χ2v) is 9.27. The summed E-state index contributed by atoms with van der Waals surface area (Å²) >= 11 is 11.9. The highest BCUT2D eigenvalue weighted by atomic mass is 35.7. The zero-order valence-electron chi connectivity index (χ0n) is 13.3. The maximum Gasteiger partial charge on any atom is 0.261 e. The first-order valence-corrected chi connectivity index (χ1v) is 10.8. The van der Waals surface area contributed by atoms with Crippen molar-refractivity contribution in [2.24, 2.45) is 5.92 Å². The molecule has 0 fully saturated rings. The van der Waals surface area contributed by atoms with E-state index in [1.54, 1.807) is 24.3 Å². The Kier molecular flexibility index (Phi) is 5.67. The molecule has 26 heavy (non-hydrogen) atoms. The quantitative estimate of drug-likeness (QED) is 0.703. The SMILES string of the molecule is O=C1Nc2ccc(S(=O)(=O)Cl)cc2CC1CCOc1ccc(Cl)cc1Cl. The number of amides is 1. The van der Waals surface area contributed by atoms with Gasteiger partial charge in [-0.25, -0.2) is 8.42 Å². The Bertz CT molecular complexity index is 962. The van der Waals surface area contributed by atoms with Crippen LogP contribution in [0.25, 0.3) is 0 Å². The number of carbonyl (C=O) groups is 1. The molecule has 0 radical (unpaired) electrons. The minimum Gasteiger partial charge on any atom is -0.492 e. The molecule has 9 heteroatoms. The van der Waals surface area contributed by atoms with Crippen molar-refractivity contribution in [2.75, 3.05) is 11.9 Å². The molecule has 1 aliphatic heterocycles. The average molecular weight is 435 g/mol. The third-order valence-corrected chi connectivity index (χ3v) is 5.95. The second kappa shape index (κ2) is 7.64. The summed E-state index contributed by atoms with van der Waals surface area (Å²) in [5.41, 5.74) is 1.32. The molecule has 1 aliphatic rings. The highest BCUT2D eigenvalue weighted by molar-refractivity contribution is 8.13. The van der Waals surface area contributed by atoms with Gasteiger partial charge in [-0.1, -0.05) is 23.2 Å². The van der Waals surface area contributed by atoms with Crippen LogP contribution in [0.3, 0.4) is 0 Å². The molecule has 1 unspecified atom stereocenters. The van der Waals surface area contributed by atoms with Gasteiger partial charge < -0.3 is 10.1 Å². The van der Waals surface area contributed by atoms with Gasteiger partial charge in [0.15, 0.2) is 0 Å². The Labute approximate surface area is 165 Å². The standard InChI is InChI=1S/C17H14Cl3NO4S/c18-12-1-4-16(14(19)9-12)25-6-5-10-7-11-8-13(26(20,23)24)2-3-15(11)21-17(10)22/h1-4,8-10H,5-7H2,(H,21,22). The van der Waals surface area contributed by atoms with Gasteiger partial charge in [0.05, 0.1) is 16.5 Å². The van der Waals surface area contributed by atoms with Gasteiger partial charge in [-0.2, -0.15) is 0 Å². The van der Waals surface area contributed by atoms with Crippen LogP contribution in [-0.4, -0.2) is 20.9 Å². The Morgan fingerprint density at radius 2 is 1.92 bits per heavy atom. The molecule has 138 valence electrons. The summed E-state index contributed by atoms with van der Waals surface area (Å²) in [6.07, 6.45) is 0.848. The van der Waals surface area contributed by atoms with Gasteiger partial charge in [-0.3, -0.25) is 4.79 Å². The van der Waals surface area contributed by atoms with E-state index in [1.165, 1.54) is 12.1 Å². The predicted octanol–water partition coefficient (Wildman–Crippen LogP) is 4.50. The molecule has 0 aromatic heterocycles. The normalized spacial score (nSPS) is 16.7. The topological polar surface area (TPSA) is 72.5 Å². The summed E-state index contributed by atoms with van der Waals surface area (Å²) in [6, 6.07) is 9.31. The first-order chi connectivity index (χ1) is 12.2. The fourth-order valence-corrected chi connectivity index (χ4v) is 4.01. The lowest BCUT2D eigenvalue weighted by atomic mass is 9.91. The molecule has 1 N–H and O–H groups in total. The summed E-state index contributed by atoms with van der Waals surface area (Å²) in [4.78, 5) is 12.2. The number of rotatable bonds is 5. The van der Waals surface area contributed by atoms with Crippen LogP contribution in [0.15, 0.2) is 41.3 Å². The number of hydrogen-bond donors (Lipinski definition) is 1. The highest BCUT2D eigenvalue weighted by Crippen LogP contribution is 2.31. The molecule has 1 atom stereocenters. The molecule has 1 amide bonds. The lowest BCUT2D eigenvalue weighted by molar-refractivity contribution is -0.120. The van der Waals surface area contributed by atoms with E-state index in [0.717, 1.165) is 5.56 Å². The molecule has 0 saturated heterocycles. The van der Waals surface area contributed by atoms with Crippen molar-refractivity contribution in [1.29, 1.82) is 0 Å². The smallest absolute Gasteiger partial charge is 0.261 e. The van der Waals surface area contributed by atoms with Crippen LogP contribution in [0.5, 0.6) is 5.75 Å². The third-order valence-electron chi connectivity index (χ3n) is 4.07. The van der Waals surface area contributed by atoms with Gasteiger partial charge in [0.1, 0.15) is 5.75 Å². The molecule has 2 aromatic rings. The van der Waals surface area contributed by atoms with Crippen LogP contribution in [-0.2, 0) is 20.3 Å². The van der Waals surface area contributed by atoms with Crippen LogP contribution in [0, 0.1) is 5.92 Å². The lowest BCUT2D eigenvalue weighted by Crippen LogP contribution is -2.31. The van der Waals surface area contributed by atoms with Crippen molar-refractivity contribution < 1.29 is 17.9 Å². The fourth-order valence-electron chi connectivity index (χ4n) is 2.74. The van der Waals surface area contributed by atoms with Crippen molar-refractivity contribution >= 4 is 54.5 Å². The maximum atomic E-state index is 12.2. The van der Waals surface area contributed by atoms with E-state index in [1.807, 2.05) is 0 Å². The zero-order chi connectivity index (χ0) is 18.9. The summed E-state index contributed by atoms with van der Waals surface area (Å²) in [6.45, 7) is 0.280. The van der Waals surface area contributed by atoms with Crippen LogP contribution in [0.2, 0.25) is 10.0 Å². The van der Waals surface area contributed by atoms with Crippen molar-refractivity contribution in [3.63, 3.8) is 0 Å². The van der Waals surface area contributed by atoms with Gasteiger partial charge in [0, 0.05) is 27.3 Å². The molecule has 2 aromatic carbocycles. The lowest BCUT2D eigenvalue weighted by Gasteiger charge is -2.25. The highest BCUT2D eigenvalue weighted by Gasteiger charge is 2.27. The van der Waals surface area contributed by atoms with E-state index in [2.05, 4.69) is 5.32 Å². The van der Waals surface area contributed by atoms with Gasteiger partial charge in [0.2, 0.25) is 5.91 Å². The minimum absolute atomic E-state index is 0.0111. The Morgan fingerprint density at radius 3 is 2.62 bits per heavy atom. The minimum atomic E-state index is -3.82. The fraction of sp³-hybridized carbons (Fsp3) is 0.235. The Morgan fingerprint density at radius 1 is 1.15 bits per heavy atom. The molecule has 5 nitrogen and oxygen atoms in total. The number of fused-ring (bicyclic) bond motifs is 1. The number of ether oxygens (including phenoxy) is 1. The first kappa shape index (κ1) is 19.3. The predicted molar refractivity (Wildman–Crippen MR) is 102 cm³/mol. The average Bonchev–Trinajstić information content (AvgIpc) is 2.56. The number of benzene rings is 2. The molecule has 3 rings (SSSR count). The molecule has 0 saturated carbocycles. The third kappa shape index (κ3) is 4.43. The number of carbonyl (C=O) groups excluding carboxylic acids is 1. The maximum absolute atomic E-state index is 12.2. The first-order valence-electron chi connectivity index (χ1n) is 7.70. The van der Waals surface area contributed by atoms with Crippen molar-refractivity contribution in [3.05, 3.63) is 52.0 Å². The van der Waals surface area contributed by atoms with E-state index >= 15 is 0 Å². The number of halogens is 3. The molecule has 0 bridgehead atoms. The summed E-state index contributed by atoms with van der Waals surface area (Å²) in [5, 5.41) is 3.69. The summed E-state index contributed by atoms with van der Waals surface area (Å²) in [7, 11) is 1.57. The van der Waals surface area contributed by atoms with E-state index in [4.69, 9.17) is 38.6 Å². The summed E-state index contributed by atoms with van der Waals surface area (Å²) in [5.74, 6) is 0.00911. The van der Waals surface area contributed by atoms with E-state index < -0.39 is 9.05 Å². The van der Waals surface area contributed by atoms with E-state index in [-0.39, 0.29) is 23.3 Å². The van der Waals surface area contributed by atoms with Gasteiger partial charge in [-0.15, -0.1) is 0 Å². The van der Waals surface area contributed by atoms with Crippen molar-refractivity contribution in [1.82, 2.24) is 0 Å². The zero-order valence-corrected chi connectivity index (χ0v) is 16.4. The van der Waals surface area contributed by atoms with Crippen LogP contribution < -0.4 is 10.1 Å². The molecule has 1 heterocycles. The van der Waals surface area contributed by atoms with Crippen molar-refractivity contribution in [2.45, 2.75) is 17.7 Å². The van der Waals surface area contributed by atoms with Gasteiger partial charge in [0.25, 0.3) is 9.05 Å². The largest absolute Gasteiger partial charge is 0.492 e. The van der Waals surface area contributed by atoms with Gasteiger partial charge >= 0.3 is 0 Å². The Balaban J connectivity index is 1.67. The monoisotopic (exact) mass is 433 g/mol. The number of nitrogens with one attached hydrogen (secondary N) is 1. The van der Waals surface area contributed by atoms with Crippen molar-refractivity contribution in [3.8, 4) is 5.75 Å². The van der Waals surface area contributed by atoms with Crippen LogP contribution in [0.1, 0.15) is 12.0 Å². The molecule has 0 aliphatic carbocycles. The van der Waals surface area contributed by atoms with E-state index in [9.17, 15) is 13.2 Å². The van der Waals surface area contributed by atoms with E-state index in [0.29, 0.717) is 34.3 Å². The van der Waals surface area contributed by atoms with Crippen LogP contribution in [0.4, 0.5) is 5.69 Å². The second-order valence-electron chi connectivity index (χ2n) is 5.86. The Hall–Kier alpha value is -1.47. The van der Waals surface area contributed by atoms with Gasteiger partial charge in [-0.05, 0) is 54.8 Å². The molecular weight excluding hydrogens is 421 g/mol.